The number of pyridine rings is 1. The van der Waals surface area contributed by atoms with E-state index in [1.165, 1.54) is 14.2 Å². The third-order valence-electron chi connectivity index (χ3n) is 4.59. The van der Waals surface area contributed by atoms with Crippen molar-refractivity contribution in [2.24, 2.45) is 0 Å². The Labute approximate surface area is 167 Å². The van der Waals surface area contributed by atoms with Crippen LogP contribution in [0, 0.1) is 0 Å². The van der Waals surface area contributed by atoms with Crippen LogP contribution in [0.1, 0.15) is 0 Å². The first kappa shape index (κ1) is 18.5. The molecule has 2 aromatic carbocycles. The first-order valence-corrected chi connectivity index (χ1v) is 8.92. The lowest BCUT2D eigenvalue weighted by atomic mass is 10.1. The fourth-order valence-electron chi connectivity index (χ4n) is 3.20. The molecule has 4 rings (SSSR count). The van der Waals surface area contributed by atoms with Crippen LogP contribution in [0.5, 0.6) is 17.6 Å². The maximum atomic E-state index is 13.6. The van der Waals surface area contributed by atoms with Crippen LogP contribution in [0.2, 0.25) is 0 Å². The van der Waals surface area contributed by atoms with E-state index in [1.807, 2.05) is 60.7 Å². The van der Waals surface area contributed by atoms with Crippen LogP contribution in [0.3, 0.4) is 0 Å². The van der Waals surface area contributed by atoms with Crippen molar-refractivity contribution in [3.05, 3.63) is 71.0 Å². The predicted molar refractivity (Wildman–Crippen MR) is 110 cm³/mol. The number of methoxy groups -OCH3 is 3. The van der Waals surface area contributed by atoms with E-state index in [4.69, 9.17) is 14.2 Å². The summed E-state index contributed by atoms with van der Waals surface area (Å²) >= 11 is 0. The number of hydrogen-bond donors (Lipinski definition) is 0. The third kappa shape index (κ3) is 3.27. The van der Waals surface area contributed by atoms with Crippen molar-refractivity contribution in [2.45, 2.75) is 0 Å². The summed E-state index contributed by atoms with van der Waals surface area (Å²) in [5.41, 5.74) is 2.41. The SMILES string of the molecule is COc1ccc(-c2cc3nc(OC)nc(OC)c3c(=O)n2-c2ccccc2)cc1. The Bertz CT molecular complexity index is 1220. The van der Waals surface area contributed by atoms with E-state index in [1.54, 1.807) is 11.7 Å². The predicted octanol–water partition coefficient (Wildman–Crippen LogP) is 3.47. The van der Waals surface area contributed by atoms with Gasteiger partial charge in [0.15, 0.2) is 0 Å². The minimum Gasteiger partial charge on any atom is -0.497 e. The molecule has 0 bridgehead atoms. The zero-order valence-electron chi connectivity index (χ0n) is 16.2. The fourth-order valence-corrected chi connectivity index (χ4v) is 3.20. The van der Waals surface area contributed by atoms with Crippen LogP contribution in [0.25, 0.3) is 27.8 Å². The van der Waals surface area contributed by atoms with Gasteiger partial charge in [-0.2, -0.15) is 9.97 Å². The summed E-state index contributed by atoms with van der Waals surface area (Å²) in [6.45, 7) is 0. The molecule has 2 heterocycles. The second kappa shape index (κ2) is 7.63. The highest BCUT2D eigenvalue weighted by molar-refractivity contribution is 5.87. The number of aromatic nitrogens is 3. The van der Waals surface area contributed by atoms with Crippen molar-refractivity contribution in [1.29, 1.82) is 0 Å². The number of hydrogen-bond acceptors (Lipinski definition) is 6. The second-order valence-corrected chi connectivity index (χ2v) is 6.21. The van der Waals surface area contributed by atoms with Gasteiger partial charge in [-0.05, 0) is 48.0 Å². The zero-order valence-corrected chi connectivity index (χ0v) is 16.2. The molecular weight excluding hydrogens is 370 g/mol. The van der Waals surface area contributed by atoms with Gasteiger partial charge in [-0.1, -0.05) is 18.2 Å². The molecule has 29 heavy (non-hydrogen) atoms. The first-order valence-electron chi connectivity index (χ1n) is 8.92. The molecule has 0 saturated carbocycles. The van der Waals surface area contributed by atoms with E-state index in [-0.39, 0.29) is 22.8 Å². The highest BCUT2D eigenvalue weighted by Gasteiger charge is 2.19. The summed E-state index contributed by atoms with van der Waals surface area (Å²) in [4.78, 5) is 22.1. The molecule has 7 heteroatoms. The Kier molecular flexibility index (Phi) is 4.87. The lowest BCUT2D eigenvalue weighted by molar-refractivity contribution is 0.356. The molecule has 0 aliphatic rings. The summed E-state index contributed by atoms with van der Waals surface area (Å²) in [6, 6.07) is 18.9. The Hall–Kier alpha value is -3.87. The summed E-state index contributed by atoms with van der Waals surface area (Å²) in [5, 5.41) is 0.286. The summed E-state index contributed by atoms with van der Waals surface area (Å²) in [7, 11) is 4.54. The quantitative estimate of drug-likeness (QED) is 0.520. The molecular formula is C22H19N3O4. The zero-order chi connectivity index (χ0) is 20.4. The molecule has 4 aromatic rings. The second-order valence-electron chi connectivity index (χ2n) is 6.21. The van der Waals surface area contributed by atoms with Gasteiger partial charge in [0.25, 0.3) is 5.56 Å². The van der Waals surface area contributed by atoms with Crippen molar-refractivity contribution in [3.8, 4) is 34.6 Å². The Morgan fingerprint density at radius 2 is 1.55 bits per heavy atom. The lowest BCUT2D eigenvalue weighted by Gasteiger charge is -2.16. The number of rotatable bonds is 5. The molecule has 146 valence electrons. The Morgan fingerprint density at radius 3 is 2.17 bits per heavy atom. The Balaban J connectivity index is 2.10. The van der Waals surface area contributed by atoms with Crippen molar-refractivity contribution >= 4 is 10.9 Å². The standard InChI is InChI=1S/C22H19N3O4/c1-27-16-11-9-14(10-12-16)18-13-17-19(20(28-2)24-22(23-17)29-3)21(26)25(18)15-7-5-4-6-8-15/h4-13H,1-3H3. The van der Waals surface area contributed by atoms with E-state index in [2.05, 4.69) is 9.97 Å². The molecule has 2 aromatic heterocycles. The highest BCUT2D eigenvalue weighted by Crippen LogP contribution is 2.29. The van der Waals surface area contributed by atoms with Gasteiger partial charge in [0, 0.05) is 5.69 Å². The number of nitrogens with zero attached hydrogens (tertiary/aromatic N) is 3. The van der Waals surface area contributed by atoms with Gasteiger partial charge in [-0.15, -0.1) is 0 Å². The van der Waals surface area contributed by atoms with Gasteiger partial charge < -0.3 is 14.2 Å². The molecule has 0 aliphatic carbocycles. The third-order valence-corrected chi connectivity index (χ3v) is 4.59. The maximum Gasteiger partial charge on any atom is 0.320 e. The fraction of sp³-hybridized carbons (Fsp3) is 0.136. The van der Waals surface area contributed by atoms with Crippen molar-refractivity contribution in [3.63, 3.8) is 0 Å². The highest BCUT2D eigenvalue weighted by atomic mass is 16.5. The van der Waals surface area contributed by atoms with E-state index < -0.39 is 0 Å². The van der Waals surface area contributed by atoms with Gasteiger partial charge in [-0.3, -0.25) is 9.36 Å². The lowest BCUT2D eigenvalue weighted by Crippen LogP contribution is -2.21. The van der Waals surface area contributed by atoms with Gasteiger partial charge in [0.1, 0.15) is 11.1 Å². The van der Waals surface area contributed by atoms with Gasteiger partial charge in [-0.25, -0.2) is 0 Å². The molecule has 0 fully saturated rings. The van der Waals surface area contributed by atoms with Crippen molar-refractivity contribution in [1.82, 2.24) is 14.5 Å². The molecule has 0 saturated heterocycles. The minimum atomic E-state index is -0.279. The number of para-hydroxylation sites is 1. The molecule has 7 nitrogen and oxygen atoms in total. The van der Waals surface area contributed by atoms with Crippen LogP contribution in [0.4, 0.5) is 0 Å². The summed E-state index contributed by atoms with van der Waals surface area (Å²) < 4.78 is 17.4. The maximum absolute atomic E-state index is 13.6. The van der Waals surface area contributed by atoms with E-state index in [9.17, 15) is 4.79 Å². The van der Waals surface area contributed by atoms with Gasteiger partial charge in [0.05, 0.1) is 32.5 Å². The number of benzene rings is 2. The van der Waals surface area contributed by atoms with Crippen molar-refractivity contribution in [2.75, 3.05) is 21.3 Å². The van der Waals surface area contributed by atoms with Crippen LogP contribution in [-0.4, -0.2) is 35.9 Å². The van der Waals surface area contributed by atoms with E-state index in [0.29, 0.717) is 11.2 Å². The summed E-state index contributed by atoms with van der Waals surface area (Å²) in [6.07, 6.45) is 0. The summed E-state index contributed by atoms with van der Waals surface area (Å²) in [5.74, 6) is 0.900. The smallest absolute Gasteiger partial charge is 0.320 e. The van der Waals surface area contributed by atoms with Crippen LogP contribution in [0.15, 0.2) is 65.5 Å². The average molecular weight is 389 g/mol. The molecule has 0 spiro atoms. The van der Waals surface area contributed by atoms with E-state index in [0.717, 1.165) is 17.0 Å². The number of fused-ring (bicyclic) bond motifs is 1. The largest absolute Gasteiger partial charge is 0.497 e. The van der Waals surface area contributed by atoms with Gasteiger partial charge >= 0.3 is 6.01 Å². The van der Waals surface area contributed by atoms with Crippen LogP contribution in [-0.2, 0) is 0 Å². The Morgan fingerprint density at radius 1 is 0.828 bits per heavy atom. The average Bonchev–Trinajstić information content (AvgIpc) is 2.78. The molecule has 0 amide bonds. The normalized spacial score (nSPS) is 10.7. The molecule has 0 radical (unpaired) electrons. The van der Waals surface area contributed by atoms with E-state index >= 15 is 0 Å². The molecule has 0 aliphatic heterocycles. The van der Waals surface area contributed by atoms with Gasteiger partial charge in [0.2, 0.25) is 5.88 Å². The number of ether oxygens (including phenoxy) is 3. The first-order chi connectivity index (χ1) is 14.2. The van der Waals surface area contributed by atoms with Crippen molar-refractivity contribution < 1.29 is 14.2 Å². The van der Waals surface area contributed by atoms with Crippen LogP contribution >= 0.6 is 0 Å². The minimum absolute atomic E-state index is 0.131. The molecule has 0 atom stereocenters. The van der Waals surface area contributed by atoms with Crippen LogP contribution < -0.4 is 19.8 Å². The molecule has 0 unspecified atom stereocenters. The monoisotopic (exact) mass is 389 g/mol. The topological polar surface area (TPSA) is 75.5 Å². The molecule has 0 N–H and O–H groups in total.